The molecule has 0 spiro atoms. The normalized spacial score (nSPS) is 14.7. The lowest BCUT2D eigenvalue weighted by atomic mass is 10.2. The van der Waals surface area contributed by atoms with Gasteiger partial charge in [0.05, 0.1) is 10.8 Å². The highest BCUT2D eigenvalue weighted by Gasteiger charge is 2.05. The van der Waals surface area contributed by atoms with Crippen molar-refractivity contribution in [2.75, 3.05) is 12.8 Å². The minimum Gasteiger partial charge on any atom is -0.317 e. The molecule has 1 aromatic carbocycles. The zero-order valence-electron chi connectivity index (χ0n) is 9.70. The highest BCUT2D eigenvalue weighted by atomic mass is 32.2. The van der Waals surface area contributed by atoms with Gasteiger partial charge in [0.2, 0.25) is 0 Å². The Morgan fingerprint density at radius 2 is 2.00 bits per heavy atom. The molecule has 2 nitrogen and oxygen atoms in total. The summed E-state index contributed by atoms with van der Waals surface area (Å²) in [5.41, 5.74) is 0. The standard InChI is InChI=1S/C12H18FNOS/c1-10(14-2)4-3-9-16(15)12-7-5-11(13)6-8-12/h5-8,10,14H,3-4,9H2,1-2H3. The first-order chi connectivity index (χ1) is 7.63. The van der Waals surface area contributed by atoms with Gasteiger partial charge in [0.15, 0.2) is 0 Å². The number of nitrogens with one attached hydrogen (secondary N) is 1. The SMILES string of the molecule is CNC(C)CCCS(=O)c1ccc(F)cc1. The van der Waals surface area contributed by atoms with Crippen LogP contribution in [-0.4, -0.2) is 23.1 Å². The van der Waals surface area contributed by atoms with Gasteiger partial charge in [-0.15, -0.1) is 0 Å². The molecule has 0 saturated heterocycles. The molecule has 2 unspecified atom stereocenters. The zero-order valence-corrected chi connectivity index (χ0v) is 10.5. The summed E-state index contributed by atoms with van der Waals surface area (Å²) in [5, 5.41) is 3.14. The molecule has 0 aliphatic rings. The maximum Gasteiger partial charge on any atom is 0.123 e. The predicted molar refractivity (Wildman–Crippen MR) is 65.4 cm³/mol. The van der Waals surface area contributed by atoms with Crippen LogP contribution < -0.4 is 5.32 Å². The first-order valence-corrected chi connectivity index (χ1v) is 6.76. The fraction of sp³-hybridized carbons (Fsp3) is 0.500. The van der Waals surface area contributed by atoms with Crippen molar-refractivity contribution in [1.29, 1.82) is 0 Å². The van der Waals surface area contributed by atoms with E-state index in [1.54, 1.807) is 12.1 Å². The predicted octanol–water partition coefficient (Wildman–Crippen LogP) is 2.32. The Bertz CT molecular complexity index is 339. The van der Waals surface area contributed by atoms with Crippen LogP contribution in [0.25, 0.3) is 0 Å². The van der Waals surface area contributed by atoms with E-state index in [0.717, 1.165) is 12.8 Å². The van der Waals surface area contributed by atoms with Crippen molar-refractivity contribution in [1.82, 2.24) is 5.32 Å². The molecule has 0 fully saturated rings. The second-order valence-electron chi connectivity index (χ2n) is 3.84. The Morgan fingerprint density at radius 1 is 1.38 bits per heavy atom. The summed E-state index contributed by atoms with van der Waals surface area (Å²) in [6.45, 7) is 2.10. The average Bonchev–Trinajstić information content (AvgIpc) is 2.29. The fourth-order valence-electron chi connectivity index (χ4n) is 1.37. The van der Waals surface area contributed by atoms with Crippen molar-refractivity contribution in [2.24, 2.45) is 0 Å². The van der Waals surface area contributed by atoms with Crippen LogP contribution in [0.3, 0.4) is 0 Å². The zero-order chi connectivity index (χ0) is 12.0. The van der Waals surface area contributed by atoms with Gasteiger partial charge in [-0.3, -0.25) is 4.21 Å². The van der Waals surface area contributed by atoms with Crippen molar-refractivity contribution in [3.8, 4) is 0 Å². The summed E-state index contributed by atoms with van der Waals surface area (Å²) >= 11 is 0. The van der Waals surface area contributed by atoms with E-state index in [1.165, 1.54) is 12.1 Å². The van der Waals surface area contributed by atoms with E-state index in [0.29, 0.717) is 16.7 Å². The van der Waals surface area contributed by atoms with Gasteiger partial charge in [-0.05, 0) is 51.1 Å². The highest BCUT2D eigenvalue weighted by molar-refractivity contribution is 7.85. The maximum absolute atomic E-state index is 12.6. The van der Waals surface area contributed by atoms with Crippen LogP contribution in [0.4, 0.5) is 4.39 Å². The molecule has 0 saturated carbocycles. The Balaban J connectivity index is 2.38. The van der Waals surface area contributed by atoms with Crippen LogP contribution in [0, 0.1) is 5.82 Å². The molecule has 1 aromatic rings. The Morgan fingerprint density at radius 3 is 2.56 bits per heavy atom. The van der Waals surface area contributed by atoms with E-state index in [-0.39, 0.29) is 5.82 Å². The molecule has 16 heavy (non-hydrogen) atoms. The smallest absolute Gasteiger partial charge is 0.123 e. The summed E-state index contributed by atoms with van der Waals surface area (Å²) in [6, 6.07) is 6.33. The average molecular weight is 243 g/mol. The maximum atomic E-state index is 12.6. The minimum absolute atomic E-state index is 0.287. The molecule has 0 aliphatic carbocycles. The van der Waals surface area contributed by atoms with E-state index >= 15 is 0 Å². The van der Waals surface area contributed by atoms with Crippen molar-refractivity contribution >= 4 is 10.8 Å². The number of hydrogen-bond acceptors (Lipinski definition) is 2. The van der Waals surface area contributed by atoms with Gasteiger partial charge in [-0.2, -0.15) is 0 Å². The molecular weight excluding hydrogens is 225 g/mol. The summed E-state index contributed by atoms with van der Waals surface area (Å²) in [5.74, 6) is 0.349. The van der Waals surface area contributed by atoms with Gasteiger partial charge in [-0.25, -0.2) is 4.39 Å². The summed E-state index contributed by atoms with van der Waals surface area (Å²) in [4.78, 5) is 0.707. The van der Waals surface area contributed by atoms with Crippen LogP contribution in [-0.2, 0) is 10.8 Å². The molecule has 0 aliphatic heterocycles. The third-order valence-corrected chi connectivity index (χ3v) is 3.99. The molecule has 4 heteroatoms. The van der Waals surface area contributed by atoms with Crippen LogP contribution in [0.15, 0.2) is 29.2 Å². The van der Waals surface area contributed by atoms with Crippen LogP contribution in [0.2, 0.25) is 0 Å². The van der Waals surface area contributed by atoms with Crippen molar-refractivity contribution in [3.05, 3.63) is 30.1 Å². The van der Waals surface area contributed by atoms with E-state index in [2.05, 4.69) is 12.2 Å². The molecule has 2 atom stereocenters. The first kappa shape index (κ1) is 13.3. The molecule has 1 rings (SSSR count). The third-order valence-electron chi connectivity index (χ3n) is 2.54. The van der Waals surface area contributed by atoms with Gasteiger partial charge in [-0.1, -0.05) is 0 Å². The van der Waals surface area contributed by atoms with Crippen molar-refractivity contribution < 1.29 is 8.60 Å². The van der Waals surface area contributed by atoms with Gasteiger partial charge in [0.25, 0.3) is 0 Å². The van der Waals surface area contributed by atoms with Gasteiger partial charge >= 0.3 is 0 Å². The Kier molecular flexibility index (Phi) is 5.63. The topological polar surface area (TPSA) is 29.1 Å². The highest BCUT2D eigenvalue weighted by Crippen LogP contribution is 2.10. The quantitative estimate of drug-likeness (QED) is 0.831. The molecule has 0 amide bonds. The second-order valence-corrected chi connectivity index (χ2v) is 5.41. The molecular formula is C12H18FNOS. The Labute approximate surface area is 98.7 Å². The van der Waals surface area contributed by atoms with Gasteiger partial charge in [0, 0.05) is 16.7 Å². The fourth-order valence-corrected chi connectivity index (χ4v) is 2.47. The van der Waals surface area contributed by atoms with Crippen molar-refractivity contribution in [2.45, 2.75) is 30.7 Å². The monoisotopic (exact) mass is 243 g/mol. The van der Waals surface area contributed by atoms with Crippen molar-refractivity contribution in [3.63, 3.8) is 0 Å². The van der Waals surface area contributed by atoms with Gasteiger partial charge in [0.1, 0.15) is 5.82 Å². The van der Waals surface area contributed by atoms with Crippen LogP contribution in [0.5, 0.6) is 0 Å². The number of halogens is 1. The minimum atomic E-state index is -1.00. The second kappa shape index (κ2) is 6.76. The molecule has 0 bridgehead atoms. The molecule has 0 aromatic heterocycles. The largest absolute Gasteiger partial charge is 0.317 e. The van der Waals surface area contributed by atoms with Crippen LogP contribution in [0.1, 0.15) is 19.8 Å². The van der Waals surface area contributed by atoms with Crippen LogP contribution >= 0.6 is 0 Å². The number of hydrogen-bond donors (Lipinski definition) is 1. The summed E-state index contributed by atoms with van der Waals surface area (Å²) < 4.78 is 24.4. The van der Waals surface area contributed by atoms with E-state index in [9.17, 15) is 8.60 Å². The molecule has 1 N–H and O–H groups in total. The number of benzene rings is 1. The number of rotatable bonds is 6. The van der Waals surface area contributed by atoms with E-state index < -0.39 is 10.8 Å². The lowest BCUT2D eigenvalue weighted by molar-refractivity contribution is 0.557. The Hall–Kier alpha value is -0.740. The first-order valence-electron chi connectivity index (χ1n) is 5.44. The lowest BCUT2D eigenvalue weighted by Crippen LogP contribution is -2.21. The molecule has 0 heterocycles. The molecule has 0 radical (unpaired) electrons. The molecule has 90 valence electrons. The lowest BCUT2D eigenvalue weighted by Gasteiger charge is -2.09. The van der Waals surface area contributed by atoms with E-state index in [1.807, 2.05) is 7.05 Å². The summed E-state index contributed by atoms with van der Waals surface area (Å²) in [6.07, 6.45) is 1.91. The van der Waals surface area contributed by atoms with E-state index in [4.69, 9.17) is 0 Å². The summed E-state index contributed by atoms with van der Waals surface area (Å²) in [7, 11) is 0.914. The van der Waals surface area contributed by atoms with Gasteiger partial charge < -0.3 is 5.32 Å². The third kappa shape index (κ3) is 4.41.